The van der Waals surface area contributed by atoms with Gasteiger partial charge < -0.3 is 4.42 Å². The fourth-order valence-corrected chi connectivity index (χ4v) is 4.17. The molecule has 0 amide bonds. The van der Waals surface area contributed by atoms with Gasteiger partial charge in [0.1, 0.15) is 5.76 Å². The predicted octanol–water partition coefficient (Wildman–Crippen LogP) is 3.06. The van der Waals surface area contributed by atoms with Crippen LogP contribution in [0.3, 0.4) is 0 Å². The van der Waals surface area contributed by atoms with Gasteiger partial charge in [0.25, 0.3) is 5.92 Å². The molecule has 1 saturated carbocycles. The van der Waals surface area contributed by atoms with Gasteiger partial charge in [-0.25, -0.2) is 21.9 Å². The van der Waals surface area contributed by atoms with Crippen molar-refractivity contribution in [3.05, 3.63) is 59.5 Å². The number of alkyl halides is 2. The normalized spacial score (nSPS) is 22.9. The zero-order valence-corrected chi connectivity index (χ0v) is 13.3. The summed E-state index contributed by atoms with van der Waals surface area (Å²) in [5.74, 6) is -5.19. The SMILES string of the molecule is Cc1occc1CNS(=O)(=O)C[C@@H]1[C@@H](c2ccccc2)C1(F)F. The molecule has 0 aliphatic heterocycles. The van der Waals surface area contributed by atoms with Crippen LogP contribution in [0.1, 0.15) is 22.8 Å². The summed E-state index contributed by atoms with van der Waals surface area (Å²) in [7, 11) is -3.79. The van der Waals surface area contributed by atoms with E-state index in [0.717, 1.165) is 0 Å². The van der Waals surface area contributed by atoms with Gasteiger partial charge in [0, 0.05) is 12.1 Å². The highest BCUT2D eigenvalue weighted by atomic mass is 32.2. The smallest absolute Gasteiger partial charge is 0.260 e. The van der Waals surface area contributed by atoms with E-state index in [1.165, 1.54) is 6.26 Å². The molecule has 2 aromatic rings. The predicted molar refractivity (Wildman–Crippen MR) is 81.7 cm³/mol. The van der Waals surface area contributed by atoms with Crippen LogP contribution in [0.15, 0.2) is 47.1 Å². The summed E-state index contributed by atoms with van der Waals surface area (Å²) < 4.78 is 59.5. The Hall–Kier alpha value is -1.73. The minimum absolute atomic E-state index is 0.0406. The zero-order valence-electron chi connectivity index (χ0n) is 12.5. The van der Waals surface area contributed by atoms with Gasteiger partial charge in [0.2, 0.25) is 10.0 Å². The van der Waals surface area contributed by atoms with E-state index in [-0.39, 0.29) is 6.54 Å². The number of hydrogen-bond donors (Lipinski definition) is 1. The molecule has 2 atom stereocenters. The molecule has 1 aromatic carbocycles. The Morgan fingerprint density at radius 1 is 1.22 bits per heavy atom. The minimum atomic E-state index is -3.79. The molecule has 0 saturated heterocycles. The third-order valence-electron chi connectivity index (χ3n) is 4.21. The molecule has 124 valence electrons. The van der Waals surface area contributed by atoms with Crippen molar-refractivity contribution in [2.45, 2.75) is 25.3 Å². The van der Waals surface area contributed by atoms with Crippen LogP contribution in [0.5, 0.6) is 0 Å². The Kier molecular flexibility index (Phi) is 4.01. The summed E-state index contributed by atoms with van der Waals surface area (Å²) in [5, 5.41) is 0. The molecule has 1 aliphatic carbocycles. The first kappa shape index (κ1) is 16.1. The van der Waals surface area contributed by atoms with E-state index in [9.17, 15) is 17.2 Å². The largest absolute Gasteiger partial charge is 0.469 e. The summed E-state index contributed by atoms with van der Waals surface area (Å²) in [6.45, 7) is 1.75. The maximum absolute atomic E-state index is 13.9. The maximum Gasteiger partial charge on any atom is 0.260 e. The molecule has 0 spiro atoms. The summed E-state index contributed by atoms with van der Waals surface area (Å²) >= 11 is 0. The molecule has 1 aromatic heterocycles. The zero-order chi connectivity index (χ0) is 16.7. The lowest BCUT2D eigenvalue weighted by Crippen LogP contribution is -2.28. The van der Waals surface area contributed by atoms with Crippen molar-refractivity contribution in [3.8, 4) is 0 Å². The van der Waals surface area contributed by atoms with Gasteiger partial charge in [-0.15, -0.1) is 0 Å². The summed E-state index contributed by atoms with van der Waals surface area (Å²) in [6.07, 6.45) is 1.46. The van der Waals surface area contributed by atoms with Crippen molar-refractivity contribution < 1.29 is 21.6 Å². The lowest BCUT2D eigenvalue weighted by molar-refractivity contribution is 0.0967. The van der Waals surface area contributed by atoms with E-state index in [2.05, 4.69) is 4.72 Å². The van der Waals surface area contributed by atoms with Gasteiger partial charge in [-0.1, -0.05) is 30.3 Å². The highest BCUT2D eigenvalue weighted by molar-refractivity contribution is 7.89. The molecule has 1 N–H and O–H groups in total. The maximum atomic E-state index is 13.9. The van der Waals surface area contributed by atoms with Gasteiger partial charge >= 0.3 is 0 Å². The fourth-order valence-electron chi connectivity index (χ4n) is 2.79. The van der Waals surface area contributed by atoms with Crippen LogP contribution < -0.4 is 4.72 Å². The highest BCUT2D eigenvalue weighted by Crippen LogP contribution is 2.61. The van der Waals surface area contributed by atoms with Crippen LogP contribution in [0, 0.1) is 12.8 Å². The number of furan rings is 1. The molecule has 7 heteroatoms. The monoisotopic (exact) mass is 341 g/mol. The molecular formula is C16H17F2NO3S. The van der Waals surface area contributed by atoms with Crippen LogP contribution in [0.2, 0.25) is 0 Å². The van der Waals surface area contributed by atoms with Crippen LogP contribution >= 0.6 is 0 Å². The lowest BCUT2D eigenvalue weighted by Gasteiger charge is -2.05. The van der Waals surface area contributed by atoms with Crippen LogP contribution in [0.4, 0.5) is 8.78 Å². The molecule has 0 unspecified atom stereocenters. The van der Waals surface area contributed by atoms with Crippen molar-refractivity contribution in [2.75, 3.05) is 5.75 Å². The van der Waals surface area contributed by atoms with Crippen molar-refractivity contribution in [1.29, 1.82) is 0 Å². The summed E-state index contributed by atoms with van der Waals surface area (Å²) in [6, 6.07) is 9.95. The van der Waals surface area contributed by atoms with E-state index < -0.39 is 33.5 Å². The Labute approximate surface area is 133 Å². The number of halogens is 2. The second-order valence-electron chi connectivity index (χ2n) is 5.77. The molecular weight excluding hydrogens is 324 g/mol. The molecule has 0 bridgehead atoms. The molecule has 0 radical (unpaired) electrons. The number of rotatable bonds is 6. The van der Waals surface area contributed by atoms with E-state index in [1.807, 2.05) is 0 Å². The standard InChI is InChI=1S/C16H17F2NO3S/c1-11-13(7-8-22-11)9-19-23(20,21)10-14-15(16(14,17)18)12-5-3-2-4-6-12/h2-8,14-15,19H,9-10H2,1H3/t14-,15-/m1/s1. The summed E-state index contributed by atoms with van der Waals surface area (Å²) in [5.41, 5.74) is 1.17. The van der Waals surface area contributed by atoms with E-state index in [1.54, 1.807) is 43.3 Å². The quantitative estimate of drug-likeness (QED) is 0.878. The molecule has 4 nitrogen and oxygen atoms in total. The Morgan fingerprint density at radius 2 is 1.91 bits per heavy atom. The second-order valence-corrected chi connectivity index (χ2v) is 7.63. The number of aryl methyl sites for hydroxylation is 1. The lowest BCUT2D eigenvalue weighted by atomic mass is 10.1. The van der Waals surface area contributed by atoms with Gasteiger partial charge in [0.15, 0.2) is 0 Å². The third-order valence-corrected chi connectivity index (χ3v) is 5.59. The number of nitrogens with one attached hydrogen (secondary N) is 1. The van der Waals surface area contributed by atoms with Crippen molar-refractivity contribution in [1.82, 2.24) is 4.72 Å². The topological polar surface area (TPSA) is 59.3 Å². The molecule has 1 aliphatic rings. The van der Waals surface area contributed by atoms with E-state index in [4.69, 9.17) is 4.42 Å². The van der Waals surface area contributed by atoms with Crippen molar-refractivity contribution >= 4 is 10.0 Å². The minimum Gasteiger partial charge on any atom is -0.469 e. The second kappa shape index (κ2) is 5.72. The highest BCUT2D eigenvalue weighted by Gasteiger charge is 2.69. The van der Waals surface area contributed by atoms with Gasteiger partial charge in [0.05, 0.1) is 23.9 Å². The molecule has 1 fully saturated rings. The third kappa shape index (κ3) is 3.30. The fraction of sp³-hybridized carbons (Fsp3) is 0.375. The van der Waals surface area contributed by atoms with Crippen molar-refractivity contribution in [3.63, 3.8) is 0 Å². The van der Waals surface area contributed by atoms with Crippen LogP contribution in [0.25, 0.3) is 0 Å². The molecule has 3 rings (SSSR count). The Bertz CT molecular complexity index is 787. The van der Waals surface area contributed by atoms with Crippen molar-refractivity contribution in [2.24, 2.45) is 5.92 Å². The summed E-state index contributed by atoms with van der Waals surface area (Å²) in [4.78, 5) is 0. The first-order valence-corrected chi connectivity index (χ1v) is 8.89. The Morgan fingerprint density at radius 3 is 2.52 bits per heavy atom. The average Bonchev–Trinajstić information content (AvgIpc) is 2.81. The Balaban J connectivity index is 1.65. The number of hydrogen-bond acceptors (Lipinski definition) is 3. The van der Waals surface area contributed by atoms with E-state index in [0.29, 0.717) is 16.9 Å². The van der Waals surface area contributed by atoms with E-state index >= 15 is 0 Å². The molecule has 23 heavy (non-hydrogen) atoms. The molecule has 1 heterocycles. The van der Waals surface area contributed by atoms with Gasteiger partial charge in [-0.05, 0) is 18.6 Å². The first-order chi connectivity index (χ1) is 10.8. The van der Waals surface area contributed by atoms with Crippen LogP contribution in [-0.2, 0) is 16.6 Å². The number of sulfonamides is 1. The first-order valence-electron chi connectivity index (χ1n) is 7.24. The van der Waals surface area contributed by atoms with Gasteiger partial charge in [-0.3, -0.25) is 0 Å². The van der Waals surface area contributed by atoms with Crippen LogP contribution in [-0.4, -0.2) is 20.1 Å². The number of benzene rings is 1. The average molecular weight is 341 g/mol. The van der Waals surface area contributed by atoms with Gasteiger partial charge in [-0.2, -0.15) is 0 Å².